The third-order valence-electron chi connectivity index (χ3n) is 3.93. The second-order valence-corrected chi connectivity index (χ2v) is 5.20. The number of esters is 1. The van der Waals surface area contributed by atoms with Crippen LogP contribution in [0.1, 0.15) is 12.5 Å². The first-order valence-electron chi connectivity index (χ1n) is 7.30. The Morgan fingerprint density at radius 1 is 1.35 bits per heavy atom. The van der Waals surface area contributed by atoms with Crippen LogP contribution in [0.2, 0.25) is 0 Å². The van der Waals surface area contributed by atoms with Crippen LogP contribution >= 0.6 is 0 Å². The maximum absolute atomic E-state index is 12.9. The van der Waals surface area contributed by atoms with Crippen LogP contribution in [0.25, 0.3) is 6.08 Å². The third-order valence-corrected chi connectivity index (χ3v) is 3.93. The van der Waals surface area contributed by atoms with E-state index in [4.69, 9.17) is 4.74 Å². The van der Waals surface area contributed by atoms with Crippen molar-refractivity contribution in [3.8, 4) is 0 Å². The number of hydrogen-bond donors (Lipinski definition) is 0. The van der Waals surface area contributed by atoms with Crippen molar-refractivity contribution in [3.63, 3.8) is 0 Å². The van der Waals surface area contributed by atoms with Gasteiger partial charge < -0.3 is 4.74 Å². The lowest BCUT2D eigenvalue weighted by atomic mass is 9.91. The summed E-state index contributed by atoms with van der Waals surface area (Å²) in [6.07, 6.45) is 4.56. The fourth-order valence-electron chi connectivity index (χ4n) is 2.92. The van der Waals surface area contributed by atoms with Gasteiger partial charge in [-0.3, -0.25) is 14.6 Å². The third kappa shape index (κ3) is 1.91. The zero-order valence-electron chi connectivity index (χ0n) is 12.7. The zero-order chi connectivity index (χ0) is 16.6. The van der Waals surface area contributed by atoms with Crippen molar-refractivity contribution in [2.45, 2.75) is 12.5 Å². The molecule has 3 amide bonds. The van der Waals surface area contributed by atoms with E-state index in [0.29, 0.717) is 5.69 Å². The lowest BCUT2D eigenvalue weighted by Crippen LogP contribution is -2.56. The molecule has 0 bridgehead atoms. The molecule has 1 aromatic rings. The molecule has 2 aliphatic rings. The molecular formula is C17H16N2O4. The topological polar surface area (TPSA) is 66.9 Å². The molecule has 23 heavy (non-hydrogen) atoms. The number of ether oxygens (including phenoxy) is 1. The van der Waals surface area contributed by atoms with Gasteiger partial charge in [0.2, 0.25) is 5.54 Å². The maximum Gasteiger partial charge on any atom is 0.346 e. The smallest absolute Gasteiger partial charge is 0.346 e. The van der Waals surface area contributed by atoms with Crippen LogP contribution in [0.4, 0.5) is 10.5 Å². The highest BCUT2D eigenvalue weighted by Gasteiger charge is 2.63. The number of fused-ring (bicyclic) bond motifs is 3. The Balaban J connectivity index is 2.21. The maximum atomic E-state index is 12.9. The van der Waals surface area contributed by atoms with Gasteiger partial charge in [-0.1, -0.05) is 30.4 Å². The first-order chi connectivity index (χ1) is 11.1. The van der Waals surface area contributed by atoms with Crippen molar-refractivity contribution in [2.75, 3.05) is 18.1 Å². The summed E-state index contributed by atoms with van der Waals surface area (Å²) < 4.78 is 5.09. The fourth-order valence-corrected chi connectivity index (χ4v) is 2.92. The number of urea groups is 1. The normalized spacial score (nSPS) is 22.0. The van der Waals surface area contributed by atoms with Gasteiger partial charge in [-0.05, 0) is 24.6 Å². The number of carbonyl (C=O) groups is 3. The molecule has 118 valence electrons. The van der Waals surface area contributed by atoms with Crippen LogP contribution in [-0.2, 0) is 14.3 Å². The van der Waals surface area contributed by atoms with E-state index < -0.39 is 23.4 Å². The monoisotopic (exact) mass is 312 g/mol. The average molecular weight is 312 g/mol. The van der Waals surface area contributed by atoms with Gasteiger partial charge in [0, 0.05) is 6.54 Å². The summed E-state index contributed by atoms with van der Waals surface area (Å²) in [6, 6.07) is 6.54. The van der Waals surface area contributed by atoms with E-state index in [9.17, 15) is 14.4 Å². The van der Waals surface area contributed by atoms with E-state index in [1.165, 1.54) is 17.1 Å². The minimum atomic E-state index is -1.77. The van der Waals surface area contributed by atoms with Crippen LogP contribution in [0.5, 0.6) is 0 Å². The number of anilines is 1. The van der Waals surface area contributed by atoms with Gasteiger partial charge in [0.1, 0.15) is 0 Å². The largest absolute Gasteiger partial charge is 0.464 e. The summed E-state index contributed by atoms with van der Waals surface area (Å²) in [4.78, 5) is 40.4. The number of amides is 3. The highest BCUT2D eigenvalue weighted by molar-refractivity contribution is 6.29. The summed E-state index contributed by atoms with van der Waals surface area (Å²) >= 11 is 0. The lowest BCUT2D eigenvalue weighted by molar-refractivity contribution is -0.151. The van der Waals surface area contributed by atoms with Gasteiger partial charge in [0.05, 0.1) is 12.3 Å². The summed E-state index contributed by atoms with van der Waals surface area (Å²) in [6.45, 7) is 5.37. The summed E-state index contributed by atoms with van der Waals surface area (Å²) in [5.41, 5.74) is -0.508. The van der Waals surface area contributed by atoms with Crippen molar-refractivity contribution < 1.29 is 19.1 Å². The van der Waals surface area contributed by atoms with Crippen molar-refractivity contribution in [2.24, 2.45) is 0 Å². The van der Waals surface area contributed by atoms with Gasteiger partial charge in [0.15, 0.2) is 0 Å². The van der Waals surface area contributed by atoms with Crippen LogP contribution in [-0.4, -0.2) is 41.5 Å². The number of hydrogen-bond acceptors (Lipinski definition) is 4. The molecule has 1 aromatic carbocycles. The average Bonchev–Trinajstić information content (AvgIpc) is 2.78. The predicted octanol–water partition coefficient (Wildman–Crippen LogP) is 1.97. The first kappa shape index (κ1) is 15.0. The van der Waals surface area contributed by atoms with E-state index in [-0.39, 0.29) is 13.2 Å². The molecule has 0 aromatic heterocycles. The highest BCUT2D eigenvalue weighted by atomic mass is 16.5. The SMILES string of the molecule is C=CCN1C(=O)N2c3ccccc3C=CC2(C(=O)OCC)C1=O. The quantitative estimate of drug-likeness (QED) is 0.369. The summed E-state index contributed by atoms with van der Waals surface area (Å²) in [5.74, 6) is -1.37. The standard InChI is InChI=1S/C17H16N2O4/c1-3-11-18-14(20)17(15(21)23-4-2)10-9-12-7-5-6-8-13(12)19(17)16(18)22/h3,5-10H,1,4,11H2,2H3. The van der Waals surface area contributed by atoms with Crippen molar-refractivity contribution in [3.05, 3.63) is 48.6 Å². The number of rotatable bonds is 4. The minimum Gasteiger partial charge on any atom is -0.464 e. The molecule has 6 nitrogen and oxygen atoms in total. The molecule has 0 saturated carbocycles. The Bertz CT molecular complexity index is 740. The second kappa shape index (κ2) is 5.39. The Morgan fingerprint density at radius 3 is 2.78 bits per heavy atom. The van der Waals surface area contributed by atoms with Crippen LogP contribution < -0.4 is 4.90 Å². The number of carbonyl (C=O) groups excluding carboxylic acids is 3. The number of benzene rings is 1. The van der Waals surface area contributed by atoms with Crippen molar-refractivity contribution in [1.29, 1.82) is 0 Å². The number of nitrogens with zero attached hydrogens (tertiary/aromatic N) is 2. The van der Waals surface area contributed by atoms with E-state index in [2.05, 4.69) is 6.58 Å². The first-order valence-corrected chi connectivity index (χ1v) is 7.30. The second-order valence-electron chi connectivity index (χ2n) is 5.20. The van der Waals surface area contributed by atoms with E-state index in [1.54, 1.807) is 25.1 Å². The van der Waals surface area contributed by atoms with Gasteiger partial charge >= 0.3 is 12.0 Å². The van der Waals surface area contributed by atoms with Gasteiger partial charge in [-0.25, -0.2) is 9.59 Å². The van der Waals surface area contributed by atoms with Crippen LogP contribution in [0, 0.1) is 0 Å². The summed E-state index contributed by atoms with van der Waals surface area (Å²) in [5, 5.41) is 0. The molecule has 0 aliphatic carbocycles. The minimum absolute atomic E-state index is 0.0331. The van der Waals surface area contributed by atoms with Crippen molar-refractivity contribution in [1.82, 2.24) is 4.90 Å². The molecule has 2 aliphatic heterocycles. The van der Waals surface area contributed by atoms with Crippen LogP contribution in [0.15, 0.2) is 43.0 Å². The summed E-state index contributed by atoms with van der Waals surface area (Å²) in [7, 11) is 0. The Morgan fingerprint density at radius 2 is 2.09 bits per heavy atom. The van der Waals surface area contributed by atoms with Gasteiger partial charge in [-0.15, -0.1) is 6.58 Å². The molecule has 0 N–H and O–H groups in total. The number of para-hydroxylation sites is 1. The van der Waals surface area contributed by atoms with E-state index >= 15 is 0 Å². The zero-order valence-corrected chi connectivity index (χ0v) is 12.7. The Kier molecular flexibility index (Phi) is 3.52. The Labute approximate surface area is 133 Å². The highest BCUT2D eigenvalue weighted by Crippen LogP contribution is 2.41. The van der Waals surface area contributed by atoms with Gasteiger partial charge in [0.25, 0.3) is 5.91 Å². The lowest BCUT2D eigenvalue weighted by Gasteiger charge is -2.33. The molecule has 3 rings (SSSR count). The van der Waals surface area contributed by atoms with Crippen molar-refractivity contribution >= 4 is 29.7 Å². The van der Waals surface area contributed by atoms with E-state index in [0.717, 1.165) is 10.5 Å². The molecule has 1 atom stereocenters. The molecule has 2 heterocycles. The number of imide groups is 1. The predicted molar refractivity (Wildman–Crippen MR) is 84.6 cm³/mol. The molecule has 0 radical (unpaired) electrons. The molecule has 1 saturated heterocycles. The Hall–Kier alpha value is -2.89. The molecule has 0 spiro atoms. The van der Waals surface area contributed by atoms with Gasteiger partial charge in [-0.2, -0.15) is 0 Å². The molecular weight excluding hydrogens is 296 g/mol. The van der Waals surface area contributed by atoms with E-state index in [1.807, 2.05) is 12.1 Å². The fraction of sp³-hybridized carbons (Fsp3) is 0.235. The molecule has 1 unspecified atom stereocenters. The molecule has 1 fully saturated rings. The van der Waals surface area contributed by atoms with Crippen LogP contribution in [0.3, 0.4) is 0 Å². The molecule has 6 heteroatoms.